The molecule has 0 aromatic carbocycles. The zero-order valence-corrected chi connectivity index (χ0v) is 15.9. The summed E-state index contributed by atoms with van der Waals surface area (Å²) in [7, 11) is 0. The smallest absolute Gasteiger partial charge is 0.323 e. The molecule has 6 heteroatoms. The minimum Gasteiger partial charge on any atom is -0.323 e. The molecule has 4 rings (SSSR count). The Morgan fingerprint density at radius 2 is 2.08 bits per heavy atom. The van der Waals surface area contributed by atoms with E-state index in [4.69, 9.17) is 0 Å². The van der Waals surface area contributed by atoms with Gasteiger partial charge in [-0.2, -0.15) is 0 Å². The minimum atomic E-state index is -0.630. The van der Waals surface area contributed by atoms with Gasteiger partial charge in [0.05, 0.1) is 6.67 Å². The van der Waals surface area contributed by atoms with Crippen molar-refractivity contribution in [2.45, 2.75) is 64.0 Å². The van der Waals surface area contributed by atoms with E-state index < -0.39 is 5.54 Å². The van der Waals surface area contributed by atoms with Crippen LogP contribution < -0.4 is 5.32 Å². The van der Waals surface area contributed by atoms with Crippen molar-refractivity contribution in [3.63, 3.8) is 0 Å². The number of nitrogens with one attached hydrogen (secondary N) is 1. The number of rotatable bonds is 3. The van der Waals surface area contributed by atoms with Crippen LogP contribution >= 0.6 is 11.3 Å². The summed E-state index contributed by atoms with van der Waals surface area (Å²) in [6, 6.07) is 2.31. The molecule has 25 heavy (non-hydrogen) atoms. The monoisotopic (exact) mass is 361 g/mol. The third-order valence-corrected chi connectivity index (χ3v) is 7.29. The molecule has 1 N–H and O–H groups in total. The van der Waals surface area contributed by atoms with Crippen molar-refractivity contribution < 1.29 is 9.59 Å². The summed E-state index contributed by atoms with van der Waals surface area (Å²) in [5.41, 5.74) is 0.751. The lowest BCUT2D eigenvalue weighted by atomic mass is 9.77. The maximum atomic E-state index is 13.1. The van der Waals surface area contributed by atoms with Gasteiger partial charge in [-0.25, -0.2) is 9.69 Å². The molecular weight excluding hydrogens is 334 g/mol. The van der Waals surface area contributed by atoms with E-state index in [9.17, 15) is 9.59 Å². The van der Waals surface area contributed by atoms with Crippen LogP contribution in [0.3, 0.4) is 0 Å². The molecule has 1 spiro atoms. The Morgan fingerprint density at radius 1 is 1.32 bits per heavy atom. The first-order valence-corrected chi connectivity index (χ1v) is 10.4. The Bertz CT molecular complexity index is 678. The molecule has 5 nitrogen and oxygen atoms in total. The summed E-state index contributed by atoms with van der Waals surface area (Å²) < 4.78 is 0. The van der Waals surface area contributed by atoms with Gasteiger partial charge in [0.25, 0.3) is 5.91 Å². The SMILES string of the molecule is CC[C@H]1c2ccsc2CCN1CN1C(=O)NC2(CCC(C)CC2)C1=O. The zero-order chi connectivity index (χ0) is 17.6. The summed E-state index contributed by atoms with van der Waals surface area (Å²) in [5.74, 6) is 0.642. The fourth-order valence-electron chi connectivity index (χ4n) is 4.68. The van der Waals surface area contributed by atoms with E-state index in [-0.39, 0.29) is 11.9 Å². The average molecular weight is 362 g/mol. The van der Waals surface area contributed by atoms with Gasteiger partial charge in [0.1, 0.15) is 5.54 Å². The van der Waals surface area contributed by atoms with Crippen molar-refractivity contribution in [1.29, 1.82) is 0 Å². The van der Waals surface area contributed by atoms with Crippen LogP contribution in [-0.4, -0.2) is 40.5 Å². The number of hydrogen-bond donors (Lipinski definition) is 1. The fraction of sp³-hybridized carbons (Fsp3) is 0.684. The highest BCUT2D eigenvalue weighted by Gasteiger charge is 2.52. The topological polar surface area (TPSA) is 52.6 Å². The second kappa shape index (κ2) is 6.40. The summed E-state index contributed by atoms with van der Waals surface area (Å²) in [4.78, 5) is 30.9. The van der Waals surface area contributed by atoms with Crippen LogP contribution in [0.2, 0.25) is 0 Å². The molecule has 1 aliphatic carbocycles. The number of amides is 3. The van der Waals surface area contributed by atoms with Crippen LogP contribution in [0.1, 0.15) is 62.4 Å². The number of urea groups is 1. The fourth-order valence-corrected chi connectivity index (χ4v) is 5.60. The van der Waals surface area contributed by atoms with Crippen LogP contribution in [0.25, 0.3) is 0 Å². The summed E-state index contributed by atoms with van der Waals surface area (Å²) in [6.45, 7) is 5.73. The number of hydrogen-bond acceptors (Lipinski definition) is 4. The number of nitrogens with zero attached hydrogens (tertiary/aromatic N) is 2. The third kappa shape index (κ3) is 2.79. The first kappa shape index (κ1) is 17.0. The van der Waals surface area contributed by atoms with E-state index in [1.165, 1.54) is 15.3 Å². The van der Waals surface area contributed by atoms with E-state index in [1.54, 1.807) is 0 Å². The molecule has 3 aliphatic rings. The minimum absolute atomic E-state index is 0.00429. The van der Waals surface area contributed by atoms with Gasteiger partial charge in [-0.05, 0) is 61.5 Å². The van der Waals surface area contributed by atoms with Crippen LogP contribution in [0.15, 0.2) is 11.4 Å². The molecule has 3 amide bonds. The predicted octanol–water partition coefficient (Wildman–Crippen LogP) is 3.52. The molecule has 1 saturated heterocycles. The van der Waals surface area contributed by atoms with Crippen molar-refractivity contribution in [3.8, 4) is 0 Å². The van der Waals surface area contributed by atoms with Crippen LogP contribution in [0.4, 0.5) is 4.79 Å². The summed E-state index contributed by atoms with van der Waals surface area (Å²) >= 11 is 1.82. The Kier molecular flexibility index (Phi) is 4.36. The Labute approximate surface area is 153 Å². The molecule has 0 bridgehead atoms. The predicted molar refractivity (Wildman–Crippen MR) is 98.4 cm³/mol. The largest absolute Gasteiger partial charge is 0.326 e. The number of fused-ring (bicyclic) bond motifs is 1. The highest BCUT2D eigenvalue weighted by Crippen LogP contribution is 2.38. The van der Waals surface area contributed by atoms with Gasteiger partial charge in [-0.3, -0.25) is 9.69 Å². The number of carbonyl (C=O) groups excluding carboxylic acids is 2. The molecule has 1 atom stereocenters. The summed E-state index contributed by atoms with van der Waals surface area (Å²) in [5, 5.41) is 5.19. The van der Waals surface area contributed by atoms with Crippen molar-refractivity contribution in [2.24, 2.45) is 5.92 Å². The van der Waals surface area contributed by atoms with Crippen molar-refractivity contribution in [2.75, 3.05) is 13.2 Å². The highest BCUT2D eigenvalue weighted by atomic mass is 32.1. The van der Waals surface area contributed by atoms with E-state index in [1.807, 2.05) is 11.3 Å². The van der Waals surface area contributed by atoms with E-state index >= 15 is 0 Å². The van der Waals surface area contributed by atoms with Crippen LogP contribution in [0, 0.1) is 5.92 Å². The summed E-state index contributed by atoms with van der Waals surface area (Å²) in [6.07, 6.45) is 5.59. The molecule has 2 aliphatic heterocycles. The van der Waals surface area contributed by atoms with Gasteiger partial charge in [-0.1, -0.05) is 13.8 Å². The quantitative estimate of drug-likeness (QED) is 0.838. The second-order valence-electron chi connectivity index (χ2n) is 7.85. The lowest BCUT2D eigenvalue weighted by molar-refractivity contribution is -0.134. The third-order valence-electron chi connectivity index (χ3n) is 6.29. The number of carbonyl (C=O) groups is 2. The molecular formula is C19H27N3O2S. The molecule has 2 fully saturated rings. The lowest BCUT2D eigenvalue weighted by Gasteiger charge is -2.37. The normalized spacial score (nSPS) is 33.0. The Morgan fingerprint density at radius 3 is 2.80 bits per heavy atom. The lowest BCUT2D eigenvalue weighted by Crippen LogP contribution is -2.50. The van der Waals surface area contributed by atoms with Crippen LogP contribution in [-0.2, 0) is 11.2 Å². The molecule has 1 aromatic rings. The Balaban J connectivity index is 1.51. The van der Waals surface area contributed by atoms with Gasteiger partial charge in [0.2, 0.25) is 0 Å². The first-order chi connectivity index (χ1) is 12.0. The van der Waals surface area contributed by atoms with E-state index in [2.05, 4.69) is 35.5 Å². The maximum Gasteiger partial charge on any atom is 0.326 e. The van der Waals surface area contributed by atoms with Gasteiger partial charge >= 0.3 is 6.03 Å². The Hall–Kier alpha value is -1.40. The molecule has 1 aromatic heterocycles. The second-order valence-corrected chi connectivity index (χ2v) is 8.86. The van der Waals surface area contributed by atoms with Gasteiger partial charge in [0, 0.05) is 17.5 Å². The molecule has 0 radical (unpaired) electrons. The molecule has 136 valence electrons. The van der Waals surface area contributed by atoms with E-state index in [0.29, 0.717) is 18.6 Å². The molecule has 3 heterocycles. The highest BCUT2D eigenvalue weighted by molar-refractivity contribution is 7.10. The number of thiophene rings is 1. The zero-order valence-electron chi connectivity index (χ0n) is 15.1. The standard InChI is InChI=1S/C19H27N3O2S/c1-3-15-14-7-11-25-16(14)6-10-21(15)12-22-17(23)19(20-18(22)24)8-4-13(2)5-9-19/h7,11,13,15H,3-6,8-10,12H2,1-2H3,(H,20,24)/t13?,15-,19?/m0/s1. The average Bonchev–Trinajstić information content (AvgIpc) is 3.16. The van der Waals surface area contributed by atoms with Crippen molar-refractivity contribution >= 4 is 23.3 Å². The molecule has 0 unspecified atom stereocenters. The maximum absolute atomic E-state index is 13.1. The van der Waals surface area contributed by atoms with Crippen LogP contribution in [0.5, 0.6) is 0 Å². The van der Waals surface area contributed by atoms with Crippen molar-refractivity contribution in [3.05, 3.63) is 21.9 Å². The first-order valence-electron chi connectivity index (χ1n) is 9.48. The van der Waals surface area contributed by atoms with E-state index in [0.717, 1.165) is 45.1 Å². The van der Waals surface area contributed by atoms with Gasteiger partial charge in [0.15, 0.2) is 0 Å². The van der Waals surface area contributed by atoms with Crippen molar-refractivity contribution in [1.82, 2.24) is 15.1 Å². The molecule has 1 saturated carbocycles. The van der Waals surface area contributed by atoms with Gasteiger partial charge < -0.3 is 5.32 Å². The van der Waals surface area contributed by atoms with Gasteiger partial charge in [-0.15, -0.1) is 11.3 Å². The number of imide groups is 1.